The number of hydrogen-bond donors (Lipinski definition) is 1. The lowest BCUT2D eigenvalue weighted by Crippen LogP contribution is -2.05. The van der Waals surface area contributed by atoms with E-state index >= 15 is 0 Å². The monoisotopic (exact) mass is 658 g/mol. The normalized spacial score (nSPS) is 12.1. The van der Waals surface area contributed by atoms with Crippen LogP contribution in [-0.2, 0) is 0 Å². The van der Waals surface area contributed by atoms with Gasteiger partial charge in [0.2, 0.25) is 0 Å². The maximum Gasteiger partial charge on any atom is 0.161 e. The number of aliphatic imine (C=N–C) groups is 2. The summed E-state index contributed by atoms with van der Waals surface area (Å²) in [5.41, 5.74) is 8.29. The van der Waals surface area contributed by atoms with Crippen LogP contribution in [0.4, 0.5) is 0 Å². The summed E-state index contributed by atoms with van der Waals surface area (Å²) in [6, 6.07) is 58.6. The molecule has 0 aliphatic rings. The first-order valence-electron chi connectivity index (χ1n) is 16.6. The molecule has 5 heteroatoms. The zero-order valence-corrected chi connectivity index (χ0v) is 27.8. The molecule has 0 fully saturated rings. The van der Waals surface area contributed by atoms with E-state index in [9.17, 15) is 0 Å². The molecule has 0 saturated carbocycles. The van der Waals surface area contributed by atoms with Gasteiger partial charge in [0.25, 0.3) is 0 Å². The lowest BCUT2D eigenvalue weighted by atomic mass is 10.0. The van der Waals surface area contributed by atoms with E-state index in [0.717, 1.165) is 33.4 Å². The number of para-hydroxylation sites is 1. The van der Waals surface area contributed by atoms with Gasteiger partial charge in [-0.1, -0.05) is 127 Å². The van der Waals surface area contributed by atoms with E-state index in [2.05, 4.69) is 102 Å². The number of hydrogen-bond acceptors (Lipinski definition) is 2. The van der Waals surface area contributed by atoms with E-state index < -0.39 is 0 Å². The van der Waals surface area contributed by atoms with Crippen LogP contribution >= 0.6 is 11.3 Å². The minimum absolute atomic E-state index is 0.154. The molecule has 236 valence electrons. The molecule has 0 amide bonds. The topological polar surface area (TPSA) is 53.5 Å². The fourth-order valence-corrected chi connectivity index (χ4v) is 8.00. The van der Waals surface area contributed by atoms with Gasteiger partial charge in [0, 0.05) is 54.0 Å². The van der Waals surface area contributed by atoms with Gasteiger partial charge in [0.15, 0.2) is 11.7 Å². The average molecular weight is 659 g/mol. The summed E-state index contributed by atoms with van der Waals surface area (Å²) in [5.74, 6) is 0.647. The molecular formula is C45H30N4S. The van der Waals surface area contributed by atoms with E-state index in [4.69, 9.17) is 15.4 Å². The van der Waals surface area contributed by atoms with Crippen LogP contribution in [0.2, 0.25) is 0 Å². The van der Waals surface area contributed by atoms with Crippen LogP contribution in [0, 0.1) is 5.41 Å². The summed E-state index contributed by atoms with van der Waals surface area (Å²) >= 11 is 1.86. The molecule has 4 nitrogen and oxygen atoms in total. The van der Waals surface area contributed by atoms with Crippen LogP contribution in [0.3, 0.4) is 0 Å². The minimum Gasteiger partial charge on any atom is -0.309 e. The molecule has 0 aliphatic carbocycles. The Morgan fingerprint density at radius 2 is 1.24 bits per heavy atom. The molecular weight excluding hydrogens is 629 g/mol. The second-order valence-corrected chi connectivity index (χ2v) is 13.3. The van der Waals surface area contributed by atoms with Crippen LogP contribution in [-0.4, -0.2) is 22.5 Å². The zero-order chi connectivity index (χ0) is 33.4. The minimum atomic E-state index is 0.154. The van der Waals surface area contributed by atoms with Crippen molar-refractivity contribution in [1.29, 1.82) is 5.41 Å². The number of nitrogens with zero attached hydrogens (tertiary/aromatic N) is 3. The summed E-state index contributed by atoms with van der Waals surface area (Å²) in [4.78, 5) is 9.41. The highest BCUT2D eigenvalue weighted by Crippen LogP contribution is 2.41. The van der Waals surface area contributed by atoms with Gasteiger partial charge in [-0.3, -0.25) is 5.41 Å². The van der Waals surface area contributed by atoms with E-state index in [1.54, 1.807) is 6.21 Å². The van der Waals surface area contributed by atoms with Crippen LogP contribution in [0.25, 0.3) is 58.8 Å². The first kappa shape index (κ1) is 29.7. The highest BCUT2D eigenvalue weighted by atomic mass is 32.1. The Hall–Kier alpha value is -6.43. The molecule has 9 rings (SSSR count). The van der Waals surface area contributed by atoms with Gasteiger partial charge in [-0.15, -0.1) is 11.3 Å². The molecule has 2 aromatic heterocycles. The molecule has 0 spiro atoms. The van der Waals surface area contributed by atoms with Gasteiger partial charge in [-0.25, -0.2) is 9.98 Å². The number of nitrogens with one attached hydrogen (secondary N) is 1. The second-order valence-electron chi connectivity index (χ2n) is 12.2. The lowest BCUT2D eigenvalue weighted by molar-refractivity contribution is 1.18. The Balaban J connectivity index is 1.12. The van der Waals surface area contributed by atoms with Crippen LogP contribution < -0.4 is 0 Å². The van der Waals surface area contributed by atoms with Crippen molar-refractivity contribution >= 4 is 71.2 Å². The van der Waals surface area contributed by atoms with Crippen molar-refractivity contribution in [3.8, 4) is 16.8 Å². The third-order valence-electron chi connectivity index (χ3n) is 9.17. The van der Waals surface area contributed by atoms with Gasteiger partial charge >= 0.3 is 0 Å². The van der Waals surface area contributed by atoms with Crippen LogP contribution in [0.1, 0.15) is 16.7 Å². The molecule has 0 radical (unpaired) electrons. The van der Waals surface area contributed by atoms with Crippen molar-refractivity contribution in [1.82, 2.24) is 4.57 Å². The molecule has 0 bridgehead atoms. The number of benzene rings is 7. The summed E-state index contributed by atoms with van der Waals surface area (Å²) in [6.45, 7) is 0. The first-order chi connectivity index (χ1) is 24.7. The predicted molar refractivity (Wildman–Crippen MR) is 213 cm³/mol. The number of thiophene rings is 1. The highest BCUT2D eigenvalue weighted by molar-refractivity contribution is 7.26. The van der Waals surface area contributed by atoms with Gasteiger partial charge in [0.05, 0.1) is 11.0 Å². The SMILES string of the molecule is N=C(/N=C(\N=C\c1ccccc1)c1ccccc1)c1ccc(-n2c3ccccc3c3ccc(-c4cccc5c4sc4ccccc45)cc32)cc1. The third kappa shape index (κ3) is 5.30. The van der Waals surface area contributed by atoms with Gasteiger partial charge in [-0.05, 0) is 59.2 Å². The maximum absolute atomic E-state index is 8.96. The van der Waals surface area contributed by atoms with Crippen LogP contribution in [0.15, 0.2) is 180 Å². The van der Waals surface area contributed by atoms with E-state index in [0.29, 0.717) is 5.84 Å². The predicted octanol–water partition coefficient (Wildman–Crippen LogP) is 11.7. The number of amidine groups is 2. The van der Waals surface area contributed by atoms with Crippen molar-refractivity contribution in [3.05, 3.63) is 187 Å². The summed E-state index contributed by atoms with van der Waals surface area (Å²) < 4.78 is 4.94. The van der Waals surface area contributed by atoms with E-state index in [1.807, 2.05) is 84.1 Å². The molecule has 0 aliphatic heterocycles. The number of aromatic nitrogens is 1. The molecule has 0 unspecified atom stereocenters. The largest absolute Gasteiger partial charge is 0.309 e. The third-order valence-corrected chi connectivity index (χ3v) is 10.4. The summed E-state index contributed by atoms with van der Waals surface area (Å²) in [5, 5.41) is 14.0. The zero-order valence-electron chi connectivity index (χ0n) is 27.0. The lowest BCUT2D eigenvalue weighted by Gasteiger charge is -2.10. The van der Waals surface area contributed by atoms with Crippen molar-refractivity contribution in [2.45, 2.75) is 0 Å². The Morgan fingerprint density at radius 3 is 2.06 bits per heavy atom. The first-order valence-corrected chi connectivity index (χ1v) is 17.4. The van der Waals surface area contributed by atoms with Crippen molar-refractivity contribution in [2.75, 3.05) is 0 Å². The van der Waals surface area contributed by atoms with E-state index in [1.165, 1.54) is 42.1 Å². The maximum atomic E-state index is 8.96. The molecule has 1 N–H and O–H groups in total. The Kier molecular flexibility index (Phi) is 7.45. The molecule has 50 heavy (non-hydrogen) atoms. The Bertz CT molecular complexity index is 2750. The highest BCUT2D eigenvalue weighted by Gasteiger charge is 2.16. The average Bonchev–Trinajstić information content (AvgIpc) is 3.73. The van der Waals surface area contributed by atoms with Crippen LogP contribution in [0.5, 0.6) is 0 Å². The standard InChI is InChI=1S/C45H30N4S/c46-44(48-45(32-14-5-2-6-15-32)47-29-30-12-3-1-4-13-30)31-22-25-34(26-23-31)49-40-20-9-7-16-36(40)37-27-24-33(28-41(37)49)35-18-11-19-39-38-17-8-10-21-42(38)50-43(35)39/h1-29,46H/b46-44?,47-29+,48-45-. The molecule has 0 atom stereocenters. The van der Waals surface area contributed by atoms with Gasteiger partial charge in [-0.2, -0.15) is 0 Å². The fourth-order valence-electron chi connectivity index (χ4n) is 6.76. The Morgan fingerprint density at radius 1 is 0.560 bits per heavy atom. The molecule has 9 aromatic rings. The van der Waals surface area contributed by atoms with Gasteiger partial charge in [0.1, 0.15) is 0 Å². The summed E-state index contributed by atoms with van der Waals surface area (Å²) in [6.07, 6.45) is 1.79. The smallest absolute Gasteiger partial charge is 0.161 e. The molecule has 7 aromatic carbocycles. The second kappa shape index (κ2) is 12.5. The van der Waals surface area contributed by atoms with Crippen molar-refractivity contribution < 1.29 is 0 Å². The molecule has 2 heterocycles. The number of fused-ring (bicyclic) bond motifs is 6. The van der Waals surface area contributed by atoms with E-state index in [-0.39, 0.29) is 5.84 Å². The van der Waals surface area contributed by atoms with Crippen molar-refractivity contribution in [2.24, 2.45) is 9.98 Å². The molecule has 0 saturated heterocycles. The number of rotatable bonds is 5. The van der Waals surface area contributed by atoms with Gasteiger partial charge < -0.3 is 4.57 Å². The summed E-state index contributed by atoms with van der Waals surface area (Å²) in [7, 11) is 0. The fraction of sp³-hybridized carbons (Fsp3) is 0. The quantitative estimate of drug-likeness (QED) is 0.141. The Labute approximate surface area is 293 Å². The van der Waals surface area contributed by atoms with Crippen molar-refractivity contribution in [3.63, 3.8) is 0 Å².